The highest BCUT2D eigenvalue weighted by molar-refractivity contribution is 5.90. The predicted octanol–water partition coefficient (Wildman–Crippen LogP) is 2.78. The standard InChI is InChI=1S/C18H23FN2O3/c1-12(2)9-15(10-16(22)24-4)21-17(23)18(19,11-20)14-7-5-13(3)6-8-14/h5-8,12,15H,9-10H2,1-4H3,(H,21,23)/t15-,18+/m0/s1. The summed E-state index contributed by atoms with van der Waals surface area (Å²) in [7, 11) is 1.25. The van der Waals surface area contributed by atoms with E-state index in [-0.39, 0.29) is 17.9 Å². The van der Waals surface area contributed by atoms with E-state index in [0.717, 1.165) is 5.56 Å². The van der Waals surface area contributed by atoms with Gasteiger partial charge in [-0.05, 0) is 19.3 Å². The van der Waals surface area contributed by atoms with Crippen molar-refractivity contribution in [3.8, 4) is 6.07 Å². The number of nitrogens with one attached hydrogen (secondary N) is 1. The number of nitrogens with zero attached hydrogens (tertiary/aromatic N) is 1. The minimum Gasteiger partial charge on any atom is -0.469 e. The van der Waals surface area contributed by atoms with Gasteiger partial charge in [0.2, 0.25) is 0 Å². The van der Waals surface area contributed by atoms with Crippen LogP contribution in [0.5, 0.6) is 0 Å². The minimum atomic E-state index is -2.81. The van der Waals surface area contributed by atoms with Crippen molar-refractivity contribution in [2.75, 3.05) is 7.11 Å². The predicted molar refractivity (Wildman–Crippen MR) is 87.6 cm³/mol. The Morgan fingerprint density at radius 1 is 1.33 bits per heavy atom. The van der Waals surface area contributed by atoms with E-state index in [9.17, 15) is 14.9 Å². The van der Waals surface area contributed by atoms with Gasteiger partial charge < -0.3 is 10.1 Å². The van der Waals surface area contributed by atoms with Gasteiger partial charge in [0.1, 0.15) is 6.07 Å². The average molecular weight is 334 g/mol. The highest BCUT2D eigenvalue weighted by atomic mass is 19.1. The largest absolute Gasteiger partial charge is 0.469 e. The van der Waals surface area contributed by atoms with Gasteiger partial charge in [0, 0.05) is 11.6 Å². The van der Waals surface area contributed by atoms with Crippen molar-refractivity contribution in [3.63, 3.8) is 0 Å². The van der Waals surface area contributed by atoms with Gasteiger partial charge in [0.15, 0.2) is 0 Å². The van der Waals surface area contributed by atoms with Crippen molar-refractivity contribution in [2.45, 2.75) is 45.3 Å². The van der Waals surface area contributed by atoms with E-state index >= 15 is 4.39 Å². The average Bonchev–Trinajstić information content (AvgIpc) is 2.53. The zero-order valence-electron chi connectivity index (χ0n) is 14.4. The van der Waals surface area contributed by atoms with Gasteiger partial charge in [-0.3, -0.25) is 9.59 Å². The Morgan fingerprint density at radius 3 is 2.38 bits per heavy atom. The van der Waals surface area contributed by atoms with Crippen LogP contribution in [0.25, 0.3) is 0 Å². The molecule has 0 radical (unpaired) electrons. The summed E-state index contributed by atoms with van der Waals surface area (Å²) in [5.74, 6) is -1.39. The van der Waals surface area contributed by atoms with E-state index < -0.39 is 23.6 Å². The molecule has 0 saturated carbocycles. The fraction of sp³-hybridized carbons (Fsp3) is 0.500. The molecule has 0 unspecified atom stereocenters. The Kier molecular flexibility index (Phi) is 6.90. The number of benzene rings is 1. The first-order valence-corrected chi connectivity index (χ1v) is 7.78. The number of rotatable bonds is 7. The Balaban J connectivity index is 2.99. The van der Waals surface area contributed by atoms with Crippen LogP contribution in [0.1, 0.15) is 37.8 Å². The summed E-state index contributed by atoms with van der Waals surface area (Å²) < 4.78 is 19.6. The number of hydrogen-bond donors (Lipinski definition) is 1. The molecule has 0 aliphatic carbocycles. The zero-order chi connectivity index (χ0) is 18.3. The first-order valence-electron chi connectivity index (χ1n) is 7.78. The van der Waals surface area contributed by atoms with E-state index in [0.29, 0.717) is 6.42 Å². The minimum absolute atomic E-state index is 0.0329. The molecule has 5 nitrogen and oxygen atoms in total. The molecule has 1 rings (SSSR count). The lowest BCUT2D eigenvalue weighted by atomic mass is 9.94. The van der Waals surface area contributed by atoms with Crippen LogP contribution in [0.4, 0.5) is 4.39 Å². The third-order valence-electron chi connectivity index (χ3n) is 3.65. The Labute approximate surface area is 141 Å². The second-order valence-corrected chi connectivity index (χ2v) is 6.22. The number of halogens is 1. The third-order valence-corrected chi connectivity index (χ3v) is 3.65. The summed E-state index contributed by atoms with van der Waals surface area (Å²) in [4.78, 5) is 23.9. The number of carbonyl (C=O) groups excluding carboxylic acids is 2. The molecular weight excluding hydrogens is 311 g/mol. The lowest BCUT2D eigenvalue weighted by molar-refractivity contribution is -0.141. The number of hydrogen-bond acceptors (Lipinski definition) is 4. The van der Waals surface area contributed by atoms with Gasteiger partial charge in [-0.25, -0.2) is 4.39 Å². The van der Waals surface area contributed by atoms with Crippen LogP contribution in [0.2, 0.25) is 0 Å². The monoisotopic (exact) mass is 334 g/mol. The molecule has 0 spiro atoms. The molecule has 6 heteroatoms. The van der Waals surface area contributed by atoms with E-state index in [1.165, 1.54) is 25.3 Å². The number of ether oxygens (including phenoxy) is 1. The molecule has 0 aliphatic rings. The van der Waals surface area contributed by atoms with Crippen molar-refractivity contribution >= 4 is 11.9 Å². The number of alkyl halides is 1. The van der Waals surface area contributed by atoms with Gasteiger partial charge in [-0.2, -0.15) is 5.26 Å². The molecule has 0 heterocycles. The maximum atomic E-state index is 15.0. The Hall–Kier alpha value is -2.42. The fourth-order valence-corrected chi connectivity index (χ4v) is 2.36. The molecule has 1 aromatic rings. The molecule has 2 atom stereocenters. The Bertz CT molecular complexity index is 622. The van der Waals surface area contributed by atoms with Gasteiger partial charge in [-0.15, -0.1) is 0 Å². The van der Waals surface area contributed by atoms with Crippen LogP contribution in [-0.4, -0.2) is 25.0 Å². The van der Waals surface area contributed by atoms with Gasteiger partial charge in [-0.1, -0.05) is 43.7 Å². The zero-order valence-corrected chi connectivity index (χ0v) is 14.4. The van der Waals surface area contributed by atoms with Crippen molar-refractivity contribution in [1.82, 2.24) is 5.32 Å². The molecular formula is C18H23FN2O3. The second-order valence-electron chi connectivity index (χ2n) is 6.22. The normalized spacial score (nSPS) is 14.4. The third kappa shape index (κ3) is 5.05. The summed E-state index contributed by atoms with van der Waals surface area (Å²) >= 11 is 0. The first kappa shape index (κ1) is 19.6. The molecule has 130 valence electrons. The van der Waals surface area contributed by atoms with Crippen LogP contribution in [0.3, 0.4) is 0 Å². The maximum Gasteiger partial charge on any atom is 0.307 e. The molecule has 0 saturated heterocycles. The summed E-state index contributed by atoms with van der Waals surface area (Å²) in [5, 5.41) is 11.7. The molecule has 0 aromatic heterocycles. The lowest BCUT2D eigenvalue weighted by Crippen LogP contribution is -2.46. The van der Waals surface area contributed by atoms with E-state index in [1.54, 1.807) is 12.1 Å². The molecule has 0 bridgehead atoms. The molecule has 1 aromatic carbocycles. The van der Waals surface area contributed by atoms with E-state index in [1.807, 2.05) is 20.8 Å². The summed E-state index contributed by atoms with van der Waals surface area (Å²) in [6.07, 6.45) is 0.395. The number of esters is 1. The van der Waals surface area contributed by atoms with Crippen molar-refractivity contribution < 1.29 is 18.7 Å². The van der Waals surface area contributed by atoms with Crippen LogP contribution in [0.15, 0.2) is 24.3 Å². The molecule has 24 heavy (non-hydrogen) atoms. The number of amides is 1. The quantitative estimate of drug-likeness (QED) is 0.778. The van der Waals surface area contributed by atoms with Crippen LogP contribution < -0.4 is 5.32 Å². The van der Waals surface area contributed by atoms with Crippen LogP contribution in [0, 0.1) is 24.2 Å². The number of carbonyl (C=O) groups is 2. The van der Waals surface area contributed by atoms with Crippen LogP contribution in [-0.2, 0) is 20.0 Å². The molecule has 1 amide bonds. The highest BCUT2D eigenvalue weighted by Crippen LogP contribution is 2.26. The number of nitriles is 1. The number of aryl methyl sites for hydroxylation is 1. The molecule has 0 fully saturated rings. The van der Waals surface area contributed by atoms with Gasteiger partial charge >= 0.3 is 5.97 Å². The smallest absolute Gasteiger partial charge is 0.307 e. The van der Waals surface area contributed by atoms with Crippen molar-refractivity contribution in [2.24, 2.45) is 5.92 Å². The molecule has 0 aliphatic heterocycles. The summed E-state index contributed by atoms with van der Waals surface area (Å²) in [5.41, 5.74) is -1.95. The topological polar surface area (TPSA) is 79.2 Å². The fourth-order valence-electron chi connectivity index (χ4n) is 2.36. The van der Waals surface area contributed by atoms with E-state index in [4.69, 9.17) is 0 Å². The second kappa shape index (κ2) is 8.44. The SMILES string of the molecule is COC(=O)C[C@H](CC(C)C)NC(=O)[C@@](F)(C#N)c1ccc(C)cc1. The Morgan fingerprint density at radius 2 is 1.92 bits per heavy atom. The summed E-state index contributed by atoms with van der Waals surface area (Å²) in [6, 6.07) is 6.94. The first-order chi connectivity index (χ1) is 11.2. The highest BCUT2D eigenvalue weighted by Gasteiger charge is 2.42. The lowest BCUT2D eigenvalue weighted by Gasteiger charge is -2.24. The summed E-state index contributed by atoms with van der Waals surface area (Å²) in [6.45, 7) is 5.66. The number of methoxy groups -OCH3 is 1. The van der Waals surface area contributed by atoms with Gasteiger partial charge in [0.05, 0.1) is 13.5 Å². The van der Waals surface area contributed by atoms with Gasteiger partial charge in [0.25, 0.3) is 11.6 Å². The van der Waals surface area contributed by atoms with Crippen LogP contribution >= 0.6 is 0 Å². The van der Waals surface area contributed by atoms with Crippen molar-refractivity contribution in [3.05, 3.63) is 35.4 Å². The molecule has 1 N–H and O–H groups in total. The maximum absolute atomic E-state index is 15.0. The van der Waals surface area contributed by atoms with E-state index in [2.05, 4.69) is 10.1 Å². The van der Waals surface area contributed by atoms with Crippen molar-refractivity contribution in [1.29, 1.82) is 5.26 Å².